The van der Waals surface area contributed by atoms with Crippen LogP contribution in [0.2, 0.25) is 0 Å². The molecule has 13 heavy (non-hydrogen) atoms. The highest BCUT2D eigenvalue weighted by Gasteiger charge is 2.21. The van der Waals surface area contributed by atoms with Crippen LogP contribution in [0.15, 0.2) is 12.3 Å². The average Bonchev–Trinajstić information content (AvgIpc) is 2.57. The molecule has 3 heteroatoms. The molecule has 2 rings (SSSR count). The van der Waals surface area contributed by atoms with E-state index in [4.69, 9.17) is 0 Å². The first-order chi connectivity index (χ1) is 6.29. The van der Waals surface area contributed by atoms with Crippen LogP contribution >= 0.6 is 0 Å². The van der Waals surface area contributed by atoms with Crippen LogP contribution in [0.4, 0.5) is 4.39 Å². The zero-order valence-corrected chi connectivity index (χ0v) is 7.68. The summed E-state index contributed by atoms with van der Waals surface area (Å²) in [4.78, 5) is 4.10. The molecule has 2 nitrogen and oxygen atoms in total. The van der Waals surface area contributed by atoms with Crippen LogP contribution in [0.25, 0.3) is 0 Å². The highest BCUT2D eigenvalue weighted by Crippen LogP contribution is 2.26. The van der Waals surface area contributed by atoms with Gasteiger partial charge < -0.3 is 5.32 Å². The van der Waals surface area contributed by atoms with Gasteiger partial charge in [0.05, 0.1) is 0 Å². The largest absolute Gasteiger partial charge is 0.310 e. The van der Waals surface area contributed by atoms with Gasteiger partial charge in [0.1, 0.15) is 5.82 Å². The van der Waals surface area contributed by atoms with E-state index in [2.05, 4.69) is 10.3 Å². The molecule has 1 atom stereocenters. The number of pyridine rings is 1. The second-order valence-corrected chi connectivity index (χ2v) is 3.44. The summed E-state index contributed by atoms with van der Waals surface area (Å²) in [6, 6.07) is 1.61. The van der Waals surface area contributed by atoms with Crippen molar-refractivity contribution in [2.24, 2.45) is 0 Å². The van der Waals surface area contributed by atoms with Gasteiger partial charge >= 0.3 is 0 Å². The molecule has 0 aromatic carbocycles. The summed E-state index contributed by atoms with van der Waals surface area (Å²) in [7, 11) is 0. The lowest BCUT2D eigenvalue weighted by molar-refractivity contribution is 0.551. The van der Waals surface area contributed by atoms with E-state index < -0.39 is 0 Å². The second-order valence-electron chi connectivity index (χ2n) is 3.44. The predicted molar refractivity (Wildman–Crippen MR) is 48.9 cm³/mol. The summed E-state index contributed by atoms with van der Waals surface area (Å²) in [5.41, 5.74) is 1.56. The maximum atomic E-state index is 13.4. The van der Waals surface area contributed by atoms with Crippen molar-refractivity contribution in [2.75, 3.05) is 6.54 Å². The number of halogens is 1. The van der Waals surface area contributed by atoms with Gasteiger partial charge in [0.2, 0.25) is 0 Å². The third-order valence-electron chi connectivity index (χ3n) is 2.54. The first-order valence-corrected chi connectivity index (χ1v) is 4.63. The van der Waals surface area contributed by atoms with E-state index in [1.165, 1.54) is 12.3 Å². The van der Waals surface area contributed by atoms with Crippen LogP contribution in [0.5, 0.6) is 0 Å². The highest BCUT2D eigenvalue weighted by molar-refractivity contribution is 5.25. The Morgan fingerprint density at radius 3 is 3.08 bits per heavy atom. The third-order valence-corrected chi connectivity index (χ3v) is 2.54. The van der Waals surface area contributed by atoms with E-state index in [1.807, 2.05) is 6.92 Å². The monoisotopic (exact) mass is 180 g/mol. The molecule has 0 radical (unpaired) electrons. The standard InChI is InChI=1S/C10H13FN2/c1-7-10(8(11)4-6-12-7)9-3-2-5-13-9/h4,6,9,13H,2-3,5H2,1H3/t9-/m1/s1. The Bertz CT molecular complexity index is 286. The zero-order valence-electron chi connectivity index (χ0n) is 7.68. The van der Waals surface area contributed by atoms with Crippen LogP contribution < -0.4 is 5.32 Å². The Morgan fingerprint density at radius 2 is 2.46 bits per heavy atom. The molecule has 1 fully saturated rings. The number of aryl methyl sites for hydroxylation is 1. The minimum Gasteiger partial charge on any atom is -0.310 e. The summed E-state index contributed by atoms with van der Waals surface area (Å²) in [5, 5.41) is 3.27. The summed E-state index contributed by atoms with van der Waals surface area (Å²) in [6.07, 6.45) is 3.66. The highest BCUT2D eigenvalue weighted by atomic mass is 19.1. The lowest BCUT2D eigenvalue weighted by atomic mass is 10.0. The molecule has 0 spiro atoms. The SMILES string of the molecule is Cc1nccc(F)c1[C@H]1CCCN1. The molecule has 1 N–H and O–H groups in total. The maximum absolute atomic E-state index is 13.4. The lowest BCUT2D eigenvalue weighted by Crippen LogP contribution is -2.16. The lowest BCUT2D eigenvalue weighted by Gasteiger charge is -2.13. The fourth-order valence-corrected chi connectivity index (χ4v) is 1.90. The molecule has 0 saturated carbocycles. The van der Waals surface area contributed by atoms with E-state index in [-0.39, 0.29) is 11.9 Å². The van der Waals surface area contributed by atoms with Gasteiger partial charge in [0.25, 0.3) is 0 Å². The third kappa shape index (κ3) is 1.56. The van der Waals surface area contributed by atoms with Crippen molar-refractivity contribution in [3.05, 3.63) is 29.3 Å². The first kappa shape index (κ1) is 8.63. The molecule has 2 heterocycles. The molecule has 1 aliphatic heterocycles. The van der Waals surface area contributed by atoms with Crippen LogP contribution in [-0.4, -0.2) is 11.5 Å². The molecule has 0 amide bonds. The van der Waals surface area contributed by atoms with Crippen molar-refractivity contribution in [1.82, 2.24) is 10.3 Å². The van der Waals surface area contributed by atoms with Gasteiger partial charge in [-0.25, -0.2) is 4.39 Å². The minimum absolute atomic E-state index is 0.132. The summed E-state index contributed by atoms with van der Waals surface area (Å²) in [6.45, 7) is 2.84. The number of nitrogens with zero attached hydrogens (tertiary/aromatic N) is 1. The van der Waals surface area contributed by atoms with Gasteiger partial charge in [-0.2, -0.15) is 0 Å². The van der Waals surface area contributed by atoms with Gasteiger partial charge in [0.15, 0.2) is 0 Å². The molecule has 1 aromatic heterocycles. The van der Waals surface area contributed by atoms with Gasteiger partial charge in [0, 0.05) is 23.5 Å². The fourth-order valence-electron chi connectivity index (χ4n) is 1.90. The van der Waals surface area contributed by atoms with Crippen LogP contribution in [0.1, 0.15) is 30.1 Å². The second kappa shape index (κ2) is 3.42. The van der Waals surface area contributed by atoms with Gasteiger partial charge in [-0.15, -0.1) is 0 Å². The zero-order chi connectivity index (χ0) is 9.26. The number of rotatable bonds is 1. The van der Waals surface area contributed by atoms with Crippen LogP contribution in [-0.2, 0) is 0 Å². The number of hydrogen-bond acceptors (Lipinski definition) is 2. The summed E-state index contributed by atoms with van der Waals surface area (Å²) >= 11 is 0. The van der Waals surface area contributed by atoms with E-state index in [0.29, 0.717) is 0 Å². The Balaban J connectivity index is 2.37. The molecule has 70 valence electrons. The van der Waals surface area contributed by atoms with Crippen molar-refractivity contribution in [2.45, 2.75) is 25.8 Å². The predicted octanol–water partition coefficient (Wildman–Crippen LogP) is 1.95. The van der Waals surface area contributed by atoms with Crippen molar-refractivity contribution < 1.29 is 4.39 Å². The number of aromatic nitrogens is 1. The number of hydrogen-bond donors (Lipinski definition) is 1. The van der Waals surface area contributed by atoms with Crippen molar-refractivity contribution in [1.29, 1.82) is 0 Å². The summed E-state index contributed by atoms with van der Waals surface area (Å²) in [5.74, 6) is -0.132. The van der Waals surface area contributed by atoms with E-state index in [9.17, 15) is 4.39 Å². The Hall–Kier alpha value is -0.960. The van der Waals surface area contributed by atoms with Crippen molar-refractivity contribution in [3.8, 4) is 0 Å². The fraction of sp³-hybridized carbons (Fsp3) is 0.500. The minimum atomic E-state index is -0.132. The first-order valence-electron chi connectivity index (χ1n) is 4.63. The van der Waals surface area contributed by atoms with E-state index >= 15 is 0 Å². The van der Waals surface area contributed by atoms with Gasteiger partial charge in [-0.1, -0.05) is 0 Å². The Morgan fingerprint density at radius 1 is 1.62 bits per heavy atom. The molecular weight excluding hydrogens is 167 g/mol. The molecule has 0 bridgehead atoms. The quantitative estimate of drug-likeness (QED) is 0.714. The van der Waals surface area contributed by atoms with Gasteiger partial charge in [-0.3, -0.25) is 4.98 Å². The summed E-state index contributed by atoms with van der Waals surface area (Å²) < 4.78 is 13.4. The maximum Gasteiger partial charge on any atom is 0.131 e. The topological polar surface area (TPSA) is 24.9 Å². The van der Waals surface area contributed by atoms with Crippen LogP contribution in [0.3, 0.4) is 0 Å². The van der Waals surface area contributed by atoms with Crippen molar-refractivity contribution in [3.63, 3.8) is 0 Å². The van der Waals surface area contributed by atoms with Gasteiger partial charge in [-0.05, 0) is 32.4 Å². The van der Waals surface area contributed by atoms with E-state index in [0.717, 1.165) is 30.6 Å². The molecule has 1 aromatic rings. The van der Waals surface area contributed by atoms with E-state index in [1.54, 1.807) is 0 Å². The molecule has 0 aliphatic carbocycles. The van der Waals surface area contributed by atoms with Crippen LogP contribution in [0, 0.1) is 12.7 Å². The Labute approximate surface area is 77.2 Å². The smallest absolute Gasteiger partial charge is 0.131 e. The molecule has 1 aliphatic rings. The normalized spacial score (nSPS) is 22.2. The number of nitrogens with one attached hydrogen (secondary N) is 1. The Kier molecular flexibility index (Phi) is 2.27. The molecular formula is C10H13FN2. The average molecular weight is 180 g/mol. The molecule has 0 unspecified atom stereocenters. The molecule has 1 saturated heterocycles. The van der Waals surface area contributed by atoms with Crippen molar-refractivity contribution >= 4 is 0 Å².